The molecule has 1 amide bonds. The summed E-state index contributed by atoms with van der Waals surface area (Å²) in [6, 6.07) is 15.7. The van der Waals surface area contributed by atoms with Crippen molar-refractivity contribution in [2.24, 2.45) is 0 Å². The van der Waals surface area contributed by atoms with E-state index >= 15 is 0 Å². The van der Waals surface area contributed by atoms with E-state index in [1.54, 1.807) is 24.3 Å². The minimum Gasteiger partial charge on any atom is -0.507 e. The highest BCUT2D eigenvalue weighted by molar-refractivity contribution is 6.51. The molecule has 0 aliphatic carbocycles. The van der Waals surface area contributed by atoms with Crippen LogP contribution < -0.4 is 9.64 Å². The molecule has 1 N–H and O–H groups in total. The Hall–Kier alpha value is -4.00. The van der Waals surface area contributed by atoms with E-state index in [1.807, 2.05) is 0 Å². The number of methoxy groups -OCH3 is 1. The summed E-state index contributed by atoms with van der Waals surface area (Å²) < 4.78 is 33.3. The maximum Gasteiger partial charge on any atom is 0.300 e. The summed E-state index contributed by atoms with van der Waals surface area (Å²) in [5.41, 5.74) is 0.178. The first-order valence-electron chi connectivity index (χ1n) is 9.38. The summed E-state index contributed by atoms with van der Waals surface area (Å²) in [6.45, 7) is 0. The Bertz CT molecular complexity index is 1200. The molecule has 3 aromatic carbocycles. The molecule has 31 heavy (non-hydrogen) atoms. The molecule has 0 aromatic heterocycles. The molecule has 156 valence electrons. The van der Waals surface area contributed by atoms with Crippen molar-refractivity contribution >= 4 is 23.1 Å². The van der Waals surface area contributed by atoms with Gasteiger partial charge in [-0.25, -0.2) is 8.78 Å². The largest absolute Gasteiger partial charge is 0.507 e. The fourth-order valence-corrected chi connectivity index (χ4v) is 3.61. The van der Waals surface area contributed by atoms with Crippen LogP contribution in [-0.2, 0) is 9.59 Å². The normalized spacial score (nSPS) is 17.8. The number of hydrogen-bond donors (Lipinski definition) is 1. The highest BCUT2D eigenvalue weighted by Crippen LogP contribution is 2.43. The maximum atomic E-state index is 14.8. The first-order valence-corrected chi connectivity index (χ1v) is 9.38. The molecular weight excluding hydrogens is 404 g/mol. The third-order valence-electron chi connectivity index (χ3n) is 5.09. The number of ketones is 1. The Balaban J connectivity index is 1.97. The number of aliphatic hydroxyl groups is 1. The van der Waals surface area contributed by atoms with E-state index in [2.05, 4.69) is 0 Å². The molecule has 0 saturated carbocycles. The summed E-state index contributed by atoms with van der Waals surface area (Å²) in [5.74, 6) is -3.16. The lowest BCUT2D eigenvalue weighted by Gasteiger charge is -2.26. The number of aliphatic hydroxyl groups excluding tert-OH is 1. The van der Waals surface area contributed by atoms with Crippen LogP contribution in [0.25, 0.3) is 5.76 Å². The van der Waals surface area contributed by atoms with Crippen molar-refractivity contribution in [1.82, 2.24) is 0 Å². The number of benzene rings is 3. The van der Waals surface area contributed by atoms with Gasteiger partial charge in [-0.15, -0.1) is 0 Å². The molecule has 1 saturated heterocycles. The van der Waals surface area contributed by atoms with Gasteiger partial charge in [0.15, 0.2) is 0 Å². The molecule has 7 heteroatoms. The molecular formula is C24H17F2NO4. The van der Waals surface area contributed by atoms with E-state index in [-0.39, 0.29) is 16.7 Å². The zero-order valence-corrected chi connectivity index (χ0v) is 16.4. The van der Waals surface area contributed by atoms with Crippen molar-refractivity contribution in [2.45, 2.75) is 6.04 Å². The van der Waals surface area contributed by atoms with Crippen LogP contribution in [0.5, 0.6) is 5.75 Å². The van der Waals surface area contributed by atoms with Crippen LogP contribution in [0.15, 0.2) is 78.4 Å². The highest BCUT2D eigenvalue weighted by Gasteiger charge is 2.47. The average Bonchev–Trinajstić information content (AvgIpc) is 3.04. The predicted octanol–water partition coefficient (Wildman–Crippen LogP) is 4.60. The fraction of sp³-hybridized carbons (Fsp3) is 0.0833. The predicted molar refractivity (Wildman–Crippen MR) is 111 cm³/mol. The number of carbonyl (C=O) groups excluding carboxylic acids is 2. The number of hydrogen-bond acceptors (Lipinski definition) is 4. The van der Waals surface area contributed by atoms with Gasteiger partial charge in [-0.3, -0.25) is 14.5 Å². The highest BCUT2D eigenvalue weighted by atomic mass is 19.1. The monoisotopic (exact) mass is 421 g/mol. The number of carbonyl (C=O) groups is 2. The summed E-state index contributed by atoms with van der Waals surface area (Å²) in [4.78, 5) is 27.1. The smallest absolute Gasteiger partial charge is 0.300 e. The lowest BCUT2D eigenvalue weighted by atomic mass is 9.94. The Kier molecular flexibility index (Phi) is 5.25. The molecule has 1 fully saturated rings. The molecule has 4 rings (SSSR count). The van der Waals surface area contributed by atoms with E-state index in [0.29, 0.717) is 11.4 Å². The van der Waals surface area contributed by atoms with Crippen LogP contribution in [-0.4, -0.2) is 23.9 Å². The molecule has 1 aliphatic rings. The van der Waals surface area contributed by atoms with Gasteiger partial charge in [-0.2, -0.15) is 0 Å². The second-order valence-corrected chi connectivity index (χ2v) is 6.90. The minimum absolute atomic E-state index is 0.0354. The van der Waals surface area contributed by atoms with Crippen LogP contribution in [0.1, 0.15) is 17.2 Å². The second kappa shape index (κ2) is 8.02. The van der Waals surface area contributed by atoms with E-state index < -0.39 is 35.1 Å². The van der Waals surface area contributed by atoms with Gasteiger partial charge in [0.1, 0.15) is 23.1 Å². The third kappa shape index (κ3) is 3.54. The van der Waals surface area contributed by atoms with Crippen molar-refractivity contribution in [2.75, 3.05) is 12.0 Å². The molecule has 0 bridgehead atoms. The molecule has 0 spiro atoms. The van der Waals surface area contributed by atoms with Gasteiger partial charge in [0.05, 0.1) is 18.7 Å². The van der Waals surface area contributed by atoms with Crippen molar-refractivity contribution < 1.29 is 28.2 Å². The van der Waals surface area contributed by atoms with E-state index in [4.69, 9.17) is 4.74 Å². The molecule has 1 unspecified atom stereocenters. The lowest BCUT2D eigenvalue weighted by Crippen LogP contribution is -2.29. The summed E-state index contributed by atoms with van der Waals surface area (Å²) in [6.07, 6.45) is 0. The molecule has 1 heterocycles. The SMILES string of the molecule is COc1cccc(N2C(=O)C(=O)/C(=C(/O)c3ccc(F)cc3)C2c2ccccc2F)c1. The fourth-order valence-electron chi connectivity index (χ4n) is 3.61. The van der Waals surface area contributed by atoms with Crippen LogP contribution >= 0.6 is 0 Å². The number of nitrogens with zero attached hydrogens (tertiary/aromatic N) is 1. The average molecular weight is 421 g/mol. The number of Topliss-reactive ketones (excluding diaryl/α,β-unsaturated/α-hetero) is 1. The third-order valence-corrected chi connectivity index (χ3v) is 5.09. The summed E-state index contributed by atoms with van der Waals surface area (Å²) in [5, 5.41) is 10.9. The minimum atomic E-state index is -1.22. The first kappa shape index (κ1) is 20.3. The van der Waals surface area contributed by atoms with Gasteiger partial charge in [-0.05, 0) is 42.5 Å². The Morgan fingerprint density at radius 2 is 1.68 bits per heavy atom. The number of amides is 1. The molecule has 1 aliphatic heterocycles. The van der Waals surface area contributed by atoms with Gasteiger partial charge >= 0.3 is 0 Å². The van der Waals surface area contributed by atoms with Crippen LogP contribution in [0.4, 0.5) is 14.5 Å². The molecule has 5 nitrogen and oxygen atoms in total. The van der Waals surface area contributed by atoms with E-state index in [1.165, 1.54) is 43.5 Å². The van der Waals surface area contributed by atoms with Crippen LogP contribution in [0.3, 0.4) is 0 Å². The van der Waals surface area contributed by atoms with E-state index in [0.717, 1.165) is 17.0 Å². The van der Waals surface area contributed by atoms with Gasteiger partial charge in [0, 0.05) is 22.9 Å². The molecule has 3 aromatic rings. The number of ether oxygens (including phenoxy) is 1. The Morgan fingerprint density at radius 1 is 0.968 bits per heavy atom. The Labute approximate surface area is 176 Å². The van der Waals surface area contributed by atoms with Crippen molar-refractivity contribution in [3.63, 3.8) is 0 Å². The number of anilines is 1. The summed E-state index contributed by atoms with van der Waals surface area (Å²) in [7, 11) is 1.45. The second-order valence-electron chi connectivity index (χ2n) is 6.90. The van der Waals surface area contributed by atoms with E-state index in [9.17, 15) is 23.5 Å². The van der Waals surface area contributed by atoms with Crippen molar-refractivity contribution in [3.05, 3.63) is 101 Å². The standard InChI is InChI=1S/C24H17F2NO4/c1-31-17-6-4-5-16(13-17)27-21(18-7-2-3-8-19(18)26)20(23(29)24(27)30)22(28)14-9-11-15(25)12-10-14/h2-13,21,28H,1H3/b22-20+. The Morgan fingerprint density at radius 3 is 2.35 bits per heavy atom. The maximum absolute atomic E-state index is 14.8. The zero-order valence-electron chi connectivity index (χ0n) is 16.4. The van der Waals surface area contributed by atoms with Crippen molar-refractivity contribution in [1.29, 1.82) is 0 Å². The topological polar surface area (TPSA) is 66.8 Å². The number of rotatable bonds is 4. The zero-order chi connectivity index (χ0) is 22.1. The van der Waals surface area contributed by atoms with Crippen molar-refractivity contribution in [3.8, 4) is 5.75 Å². The van der Waals surface area contributed by atoms with Crippen LogP contribution in [0.2, 0.25) is 0 Å². The lowest BCUT2D eigenvalue weighted by molar-refractivity contribution is -0.132. The van der Waals surface area contributed by atoms with Gasteiger partial charge in [0.2, 0.25) is 0 Å². The molecule has 0 radical (unpaired) electrons. The van der Waals surface area contributed by atoms with Crippen LogP contribution in [0, 0.1) is 11.6 Å². The number of halogens is 2. The van der Waals surface area contributed by atoms with Gasteiger partial charge < -0.3 is 9.84 Å². The van der Waals surface area contributed by atoms with Gasteiger partial charge in [0.25, 0.3) is 11.7 Å². The van der Waals surface area contributed by atoms with Gasteiger partial charge in [-0.1, -0.05) is 24.3 Å². The quantitative estimate of drug-likeness (QED) is 0.380. The molecule has 1 atom stereocenters. The summed E-state index contributed by atoms with van der Waals surface area (Å²) >= 11 is 0. The first-order chi connectivity index (χ1) is 14.9.